The second-order valence-electron chi connectivity index (χ2n) is 12.3. The van der Waals surface area contributed by atoms with E-state index in [0.29, 0.717) is 30.6 Å². The van der Waals surface area contributed by atoms with Crippen molar-refractivity contribution >= 4 is 39.4 Å². The van der Waals surface area contributed by atoms with E-state index in [9.17, 15) is 22.8 Å². The number of allylic oxidation sites excluding steroid dienone is 2. The van der Waals surface area contributed by atoms with Crippen molar-refractivity contribution in [3.8, 4) is 0 Å². The third-order valence-corrected chi connectivity index (χ3v) is 8.74. The molecule has 4 aromatic rings. The third-order valence-electron chi connectivity index (χ3n) is 8.74. The van der Waals surface area contributed by atoms with Crippen LogP contribution in [0.3, 0.4) is 0 Å². The molecule has 0 aliphatic heterocycles. The van der Waals surface area contributed by atoms with Crippen LogP contribution < -0.4 is 11.1 Å². The van der Waals surface area contributed by atoms with Crippen LogP contribution in [0.5, 0.6) is 0 Å². The number of amides is 2. The summed E-state index contributed by atoms with van der Waals surface area (Å²) in [6.07, 6.45) is 10.7. The van der Waals surface area contributed by atoms with Crippen molar-refractivity contribution in [1.29, 1.82) is 0 Å². The fourth-order valence-electron chi connectivity index (χ4n) is 6.22. The summed E-state index contributed by atoms with van der Waals surface area (Å²) in [6, 6.07) is 5.49. The van der Waals surface area contributed by atoms with Crippen molar-refractivity contribution in [1.82, 2.24) is 34.7 Å². The number of nitrogens with one attached hydrogen (secondary N) is 1. The van der Waals surface area contributed by atoms with Gasteiger partial charge in [-0.25, -0.2) is 0 Å². The van der Waals surface area contributed by atoms with E-state index in [-0.39, 0.29) is 24.7 Å². The molecular weight excluding hydrogens is 597 g/mol. The number of primary amides is 1. The average molecular weight is 641 g/mol. The highest BCUT2D eigenvalue weighted by Gasteiger charge is 2.40. The minimum atomic E-state index is -4.19. The molecule has 5 rings (SSSR count). The summed E-state index contributed by atoms with van der Waals surface area (Å²) in [6.45, 7) is 1.41. The first-order valence-electron chi connectivity index (χ1n) is 16.3. The number of aryl methyl sites for hydroxylation is 3. The molecule has 1 aromatic carbocycles. The number of hydrogen-bond acceptors (Lipinski definition) is 5. The number of carbonyl (C=O) groups excluding carboxylic acids is 2. The summed E-state index contributed by atoms with van der Waals surface area (Å²) in [5, 5.41) is 17.8. The fraction of sp³-hybridized carbons (Fsp3) is 0.545. The summed E-state index contributed by atoms with van der Waals surface area (Å²) in [5.41, 5.74) is 9.02. The molecule has 3 heterocycles. The molecule has 0 spiro atoms. The van der Waals surface area contributed by atoms with Gasteiger partial charge in [0.05, 0.1) is 17.1 Å². The number of fused-ring (bicyclic) bond motifs is 3. The standard InChI is InChI=1S/C33H43F3N8O2/c1-42-22-28-27-20-23(12-17-29(27)44(31(28)40-42)26-15-13-24(14-16-26)33(34,35)36)32(46)38-18-8-3-2-4-9-19-43-21-25(39-41-43)10-6-5-7-11-30(37)45/h12,15,17,20-22,24H,2-11,13-14,16,18-19H2,1H3,(H2,37,45)(H,38,46). The lowest BCUT2D eigenvalue weighted by atomic mass is 9.92. The molecule has 1 aliphatic rings. The molecule has 1 aliphatic carbocycles. The maximum atomic E-state index is 13.2. The van der Waals surface area contributed by atoms with Gasteiger partial charge in [0, 0.05) is 61.0 Å². The predicted octanol–water partition coefficient (Wildman–Crippen LogP) is 6.29. The molecule has 3 N–H and O–H groups in total. The predicted molar refractivity (Wildman–Crippen MR) is 171 cm³/mol. The maximum Gasteiger partial charge on any atom is 0.392 e. The van der Waals surface area contributed by atoms with E-state index in [2.05, 4.69) is 20.7 Å². The number of nitrogens with two attached hydrogens (primary N) is 1. The van der Waals surface area contributed by atoms with Crippen LogP contribution in [-0.2, 0) is 24.8 Å². The Balaban J connectivity index is 1.05. The van der Waals surface area contributed by atoms with Crippen LogP contribution >= 0.6 is 0 Å². The van der Waals surface area contributed by atoms with Crippen molar-refractivity contribution < 1.29 is 22.8 Å². The van der Waals surface area contributed by atoms with Gasteiger partial charge >= 0.3 is 6.18 Å². The number of hydrogen-bond donors (Lipinski definition) is 2. The lowest BCUT2D eigenvalue weighted by Crippen LogP contribution is -2.25. The van der Waals surface area contributed by atoms with Crippen LogP contribution in [0, 0.1) is 5.92 Å². The van der Waals surface area contributed by atoms with Gasteiger partial charge in [0.2, 0.25) is 5.91 Å². The van der Waals surface area contributed by atoms with Crippen LogP contribution in [0.1, 0.15) is 93.1 Å². The van der Waals surface area contributed by atoms with Crippen molar-refractivity contribution in [2.24, 2.45) is 18.7 Å². The van der Waals surface area contributed by atoms with Gasteiger partial charge in [0.15, 0.2) is 5.65 Å². The van der Waals surface area contributed by atoms with Gasteiger partial charge in [-0.3, -0.25) is 23.5 Å². The average Bonchev–Trinajstić information content (AvgIpc) is 3.71. The van der Waals surface area contributed by atoms with Crippen LogP contribution in [0.15, 0.2) is 36.7 Å². The van der Waals surface area contributed by atoms with Crippen LogP contribution in [0.4, 0.5) is 13.2 Å². The SMILES string of the molecule is Cn1cc2c3cc(C(=O)NCCCCCCCn4cc(CCCCCC(N)=O)nn4)ccc3n(C3=CCC(C(F)(F)F)CC3)c2n1. The smallest absolute Gasteiger partial charge is 0.370 e. The molecule has 2 amide bonds. The number of rotatable bonds is 16. The van der Waals surface area contributed by atoms with E-state index in [4.69, 9.17) is 5.73 Å². The zero-order valence-electron chi connectivity index (χ0n) is 26.4. The summed E-state index contributed by atoms with van der Waals surface area (Å²) in [5.74, 6) is -1.72. The Hall–Kier alpha value is -4.16. The third kappa shape index (κ3) is 8.35. The fourth-order valence-corrected chi connectivity index (χ4v) is 6.22. The molecule has 13 heteroatoms. The van der Waals surface area contributed by atoms with Gasteiger partial charge in [-0.15, -0.1) is 5.10 Å². The van der Waals surface area contributed by atoms with E-state index in [1.165, 1.54) is 0 Å². The van der Waals surface area contributed by atoms with E-state index < -0.39 is 12.1 Å². The van der Waals surface area contributed by atoms with Gasteiger partial charge in [0.1, 0.15) is 0 Å². The summed E-state index contributed by atoms with van der Waals surface area (Å²) < 4.78 is 45.2. The van der Waals surface area contributed by atoms with Crippen LogP contribution in [-0.4, -0.2) is 53.9 Å². The molecule has 248 valence electrons. The van der Waals surface area contributed by atoms with Crippen molar-refractivity contribution in [3.63, 3.8) is 0 Å². The summed E-state index contributed by atoms with van der Waals surface area (Å²) >= 11 is 0. The second kappa shape index (κ2) is 15.0. The molecule has 0 fully saturated rings. The first-order chi connectivity index (χ1) is 22.1. The highest BCUT2D eigenvalue weighted by molar-refractivity contribution is 6.11. The number of benzene rings is 1. The normalized spacial score (nSPS) is 15.5. The van der Waals surface area contributed by atoms with E-state index in [1.807, 2.05) is 40.8 Å². The Bertz CT molecular complexity index is 1680. The second-order valence-corrected chi connectivity index (χ2v) is 12.3. The van der Waals surface area contributed by atoms with Gasteiger partial charge in [-0.1, -0.05) is 37.0 Å². The number of nitrogens with zero attached hydrogens (tertiary/aromatic N) is 6. The monoisotopic (exact) mass is 640 g/mol. The quantitative estimate of drug-likeness (QED) is 0.139. The van der Waals surface area contributed by atoms with Crippen LogP contribution in [0.2, 0.25) is 0 Å². The molecule has 0 radical (unpaired) electrons. The van der Waals surface area contributed by atoms with Crippen molar-refractivity contribution in [2.75, 3.05) is 6.54 Å². The number of alkyl halides is 3. The van der Waals surface area contributed by atoms with E-state index in [1.54, 1.807) is 16.8 Å². The summed E-state index contributed by atoms with van der Waals surface area (Å²) in [7, 11) is 1.81. The Labute approximate surface area is 266 Å². The molecule has 0 bridgehead atoms. The number of aromatic nitrogens is 6. The molecule has 0 saturated carbocycles. The first-order valence-corrected chi connectivity index (χ1v) is 16.3. The number of unbranched alkanes of at least 4 members (excludes halogenated alkanes) is 6. The molecule has 1 atom stereocenters. The zero-order chi connectivity index (χ0) is 32.7. The van der Waals surface area contributed by atoms with Gasteiger partial charge in [0.25, 0.3) is 5.91 Å². The van der Waals surface area contributed by atoms with Crippen LogP contribution in [0.25, 0.3) is 27.6 Å². The van der Waals surface area contributed by atoms with Crippen molar-refractivity contribution in [3.05, 3.63) is 47.9 Å². The Kier molecular flexibility index (Phi) is 10.8. The van der Waals surface area contributed by atoms with E-state index >= 15 is 0 Å². The minimum absolute atomic E-state index is 0.0430. The molecular formula is C33H43F3N8O2. The molecule has 3 aromatic heterocycles. The highest BCUT2D eigenvalue weighted by Crippen LogP contribution is 2.40. The van der Waals surface area contributed by atoms with Crippen molar-refractivity contribution in [2.45, 2.75) is 96.2 Å². The van der Waals surface area contributed by atoms with Gasteiger partial charge in [-0.05, 0) is 69.6 Å². The number of carbonyl (C=O) groups is 2. The minimum Gasteiger partial charge on any atom is -0.370 e. The van der Waals surface area contributed by atoms with E-state index in [0.717, 1.165) is 92.0 Å². The number of halogens is 3. The first kappa shape index (κ1) is 33.2. The molecule has 10 nitrogen and oxygen atoms in total. The Morgan fingerprint density at radius 2 is 1.80 bits per heavy atom. The van der Waals surface area contributed by atoms with Gasteiger partial charge < -0.3 is 11.1 Å². The highest BCUT2D eigenvalue weighted by atomic mass is 19.4. The molecule has 46 heavy (non-hydrogen) atoms. The Morgan fingerprint density at radius 1 is 1.02 bits per heavy atom. The topological polar surface area (TPSA) is 126 Å². The molecule has 1 unspecified atom stereocenters. The Morgan fingerprint density at radius 3 is 2.57 bits per heavy atom. The summed E-state index contributed by atoms with van der Waals surface area (Å²) in [4.78, 5) is 23.8. The van der Waals surface area contributed by atoms with Gasteiger partial charge in [-0.2, -0.15) is 18.3 Å². The lowest BCUT2D eigenvalue weighted by Gasteiger charge is -2.25. The lowest BCUT2D eigenvalue weighted by molar-refractivity contribution is -0.175. The zero-order valence-corrected chi connectivity index (χ0v) is 26.4. The molecule has 0 saturated heterocycles. The largest absolute Gasteiger partial charge is 0.392 e. The maximum absolute atomic E-state index is 13.2.